The molecular formula is C28H29N3O5S. The minimum atomic E-state index is -3.52. The number of carbonyl (C=O) groups is 1. The third-order valence-corrected chi connectivity index (χ3v) is 9.52. The molecule has 2 aromatic carbocycles. The number of nitrogens with zero attached hydrogens (tertiary/aromatic N) is 3. The summed E-state index contributed by atoms with van der Waals surface area (Å²) in [6.07, 6.45) is 1.86. The molecule has 0 spiro atoms. The Hall–Kier alpha value is -3.27. The quantitative estimate of drug-likeness (QED) is 0.473. The highest BCUT2D eigenvalue weighted by atomic mass is 32.2. The number of hydrogen-bond acceptors (Lipinski definition) is 7. The second kappa shape index (κ2) is 9.24. The average Bonchev–Trinajstić information content (AvgIpc) is 3.60. The van der Waals surface area contributed by atoms with E-state index in [1.54, 1.807) is 28.6 Å². The van der Waals surface area contributed by atoms with E-state index in [1.807, 2.05) is 43.4 Å². The topological polar surface area (TPSA) is 89.0 Å². The number of carbonyl (C=O) groups excluding carboxylic acids is 1. The molecule has 8 nitrogen and oxygen atoms in total. The van der Waals surface area contributed by atoms with Crippen LogP contribution in [0.25, 0.3) is 11.3 Å². The molecule has 1 aromatic heterocycles. The lowest BCUT2D eigenvalue weighted by molar-refractivity contribution is -0.120. The summed E-state index contributed by atoms with van der Waals surface area (Å²) >= 11 is 0. The van der Waals surface area contributed by atoms with Crippen molar-refractivity contribution in [3.8, 4) is 22.8 Å². The van der Waals surface area contributed by atoms with Gasteiger partial charge < -0.3 is 14.4 Å². The monoisotopic (exact) mass is 519 g/mol. The molecule has 1 saturated carbocycles. The van der Waals surface area contributed by atoms with Gasteiger partial charge in [-0.25, -0.2) is 8.42 Å². The maximum absolute atomic E-state index is 13.4. The fourth-order valence-corrected chi connectivity index (χ4v) is 6.52. The van der Waals surface area contributed by atoms with E-state index in [0.29, 0.717) is 36.0 Å². The average molecular weight is 520 g/mol. The smallest absolute Gasteiger partial charge is 0.243 e. The summed E-state index contributed by atoms with van der Waals surface area (Å²) in [6, 6.07) is 18.2. The molecule has 0 N–H and O–H groups in total. The number of piperazine rings is 1. The summed E-state index contributed by atoms with van der Waals surface area (Å²) in [5.74, 6) is 1.54. The van der Waals surface area contributed by atoms with E-state index in [9.17, 15) is 13.2 Å². The molecule has 2 fully saturated rings. The summed E-state index contributed by atoms with van der Waals surface area (Å²) in [4.78, 5) is 20.5. The normalized spacial score (nSPS) is 19.1. The van der Waals surface area contributed by atoms with Crippen LogP contribution in [0.4, 0.5) is 0 Å². The Balaban J connectivity index is 1.17. The highest BCUT2D eigenvalue weighted by molar-refractivity contribution is 7.89. The lowest BCUT2D eigenvalue weighted by atomic mass is 9.88. The number of hydrogen-bond donors (Lipinski definition) is 0. The largest absolute Gasteiger partial charge is 0.454 e. The first kappa shape index (κ1) is 24.1. The molecule has 9 heteroatoms. The van der Waals surface area contributed by atoms with Crippen molar-refractivity contribution in [2.24, 2.45) is 0 Å². The first-order valence-electron chi connectivity index (χ1n) is 12.5. The standard InChI is InChI=1S/C28H29N3O5S/c1-30-13-15-31(16-14-30)37(33,34)23-8-5-20(6-9-23)24-4-2-3-22(29-24)18-27(32)28(11-12-28)21-7-10-25-26(17-21)36-19-35-25/h2-10,17H,11-16,18-19H2,1H3. The van der Waals surface area contributed by atoms with Crippen molar-refractivity contribution < 1.29 is 22.7 Å². The molecule has 37 heavy (non-hydrogen) atoms. The van der Waals surface area contributed by atoms with E-state index < -0.39 is 15.4 Å². The lowest BCUT2D eigenvalue weighted by Crippen LogP contribution is -2.46. The number of Topliss-reactive ketones (excluding diaryl/α,β-unsaturated/α-hetero) is 1. The van der Waals surface area contributed by atoms with Crippen LogP contribution in [0, 0.1) is 0 Å². The molecule has 1 saturated heterocycles. The fourth-order valence-electron chi connectivity index (χ4n) is 5.10. The minimum Gasteiger partial charge on any atom is -0.454 e. The number of sulfonamides is 1. The second-order valence-corrected chi connectivity index (χ2v) is 11.9. The van der Waals surface area contributed by atoms with Gasteiger partial charge in [0.25, 0.3) is 0 Å². The highest BCUT2D eigenvalue weighted by Crippen LogP contribution is 2.51. The number of benzene rings is 2. The van der Waals surface area contributed by atoms with Gasteiger partial charge in [-0.15, -0.1) is 0 Å². The summed E-state index contributed by atoms with van der Waals surface area (Å²) in [7, 11) is -1.53. The summed E-state index contributed by atoms with van der Waals surface area (Å²) in [6.45, 7) is 2.64. The van der Waals surface area contributed by atoms with E-state index in [0.717, 1.165) is 37.1 Å². The van der Waals surface area contributed by atoms with Gasteiger partial charge in [0.2, 0.25) is 16.8 Å². The highest BCUT2D eigenvalue weighted by Gasteiger charge is 2.51. The Labute approximate surface area is 216 Å². The van der Waals surface area contributed by atoms with Gasteiger partial charge >= 0.3 is 0 Å². The molecule has 0 unspecified atom stereocenters. The molecule has 0 radical (unpaired) electrons. The second-order valence-electron chi connectivity index (χ2n) is 10.00. The van der Waals surface area contributed by atoms with Gasteiger partial charge in [-0.3, -0.25) is 9.78 Å². The maximum atomic E-state index is 13.4. The molecular weight excluding hydrogens is 490 g/mol. The first-order valence-corrected chi connectivity index (χ1v) is 14.0. The van der Waals surface area contributed by atoms with Gasteiger partial charge in [-0.1, -0.05) is 24.3 Å². The van der Waals surface area contributed by atoms with Gasteiger partial charge in [-0.05, 0) is 61.9 Å². The van der Waals surface area contributed by atoms with Crippen molar-refractivity contribution in [1.82, 2.24) is 14.2 Å². The van der Waals surface area contributed by atoms with Crippen molar-refractivity contribution in [1.29, 1.82) is 0 Å². The Kier molecular flexibility index (Phi) is 6.01. The number of ketones is 1. The minimum absolute atomic E-state index is 0.143. The summed E-state index contributed by atoms with van der Waals surface area (Å²) in [5, 5.41) is 0. The molecule has 1 aliphatic carbocycles. The lowest BCUT2D eigenvalue weighted by Gasteiger charge is -2.31. The van der Waals surface area contributed by atoms with Crippen LogP contribution in [0.1, 0.15) is 24.1 Å². The predicted molar refractivity (Wildman–Crippen MR) is 138 cm³/mol. The van der Waals surface area contributed by atoms with Crippen molar-refractivity contribution in [2.45, 2.75) is 29.6 Å². The van der Waals surface area contributed by atoms with Crippen molar-refractivity contribution in [2.75, 3.05) is 40.0 Å². The van der Waals surface area contributed by atoms with E-state index in [4.69, 9.17) is 14.5 Å². The molecule has 2 aliphatic heterocycles. The van der Waals surface area contributed by atoms with Crippen molar-refractivity contribution in [3.63, 3.8) is 0 Å². The fraction of sp³-hybridized carbons (Fsp3) is 0.357. The zero-order valence-corrected chi connectivity index (χ0v) is 21.5. The van der Waals surface area contributed by atoms with Crippen LogP contribution in [0.5, 0.6) is 11.5 Å². The van der Waals surface area contributed by atoms with Gasteiger partial charge in [0.15, 0.2) is 11.5 Å². The van der Waals surface area contributed by atoms with Crippen LogP contribution in [0.2, 0.25) is 0 Å². The number of fused-ring (bicyclic) bond motifs is 1. The van der Waals surface area contributed by atoms with Crippen molar-refractivity contribution >= 4 is 15.8 Å². The molecule has 3 aliphatic rings. The molecule has 0 bridgehead atoms. The predicted octanol–water partition coefficient (Wildman–Crippen LogP) is 3.26. The molecule has 3 aromatic rings. The Morgan fingerprint density at radius 1 is 0.946 bits per heavy atom. The van der Waals surface area contributed by atoms with Crippen LogP contribution < -0.4 is 9.47 Å². The first-order chi connectivity index (χ1) is 17.8. The summed E-state index contributed by atoms with van der Waals surface area (Å²) in [5.41, 5.74) is 2.70. The number of likely N-dealkylation sites (N-methyl/N-ethyl adjacent to an activating group) is 1. The third-order valence-electron chi connectivity index (χ3n) is 7.61. The number of pyridine rings is 1. The van der Waals surface area contributed by atoms with Crippen molar-refractivity contribution in [3.05, 3.63) is 71.9 Å². The number of aromatic nitrogens is 1. The Bertz CT molecular complexity index is 1440. The van der Waals surface area contributed by atoms with Gasteiger partial charge in [0.1, 0.15) is 5.78 Å². The zero-order chi connectivity index (χ0) is 25.6. The van der Waals surface area contributed by atoms with Crippen LogP contribution in [0.3, 0.4) is 0 Å². The Morgan fingerprint density at radius 2 is 1.68 bits per heavy atom. The van der Waals surface area contributed by atoms with E-state index in [-0.39, 0.29) is 23.9 Å². The van der Waals surface area contributed by atoms with Gasteiger partial charge in [0, 0.05) is 43.9 Å². The molecule has 192 valence electrons. The molecule has 3 heterocycles. The number of rotatable bonds is 7. The van der Waals surface area contributed by atoms with Crippen LogP contribution in [-0.4, -0.2) is 68.4 Å². The van der Waals surface area contributed by atoms with E-state index >= 15 is 0 Å². The van der Waals surface area contributed by atoms with Gasteiger partial charge in [-0.2, -0.15) is 4.31 Å². The Morgan fingerprint density at radius 3 is 2.41 bits per heavy atom. The van der Waals surface area contributed by atoms with Gasteiger partial charge in [0.05, 0.1) is 16.0 Å². The van der Waals surface area contributed by atoms with Crippen LogP contribution in [-0.2, 0) is 26.7 Å². The third kappa shape index (κ3) is 4.52. The SMILES string of the molecule is CN1CCN(S(=O)(=O)c2ccc(-c3cccc(CC(=O)C4(c5ccc6c(c5)OCO6)CC4)n3)cc2)CC1. The molecule has 6 rings (SSSR count). The number of ether oxygens (including phenoxy) is 2. The zero-order valence-electron chi connectivity index (χ0n) is 20.7. The summed E-state index contributed by atoms with van der Waals surface area (Å²) < 4.78 is 38.5. The van der Waals surface area contributed by atoms with E-state index in [2.05, 4.69) is 4.90 Å². The molecule has 0 atom stereocenters. The van der Waals surface area contributed by atoms with E-state index in [1.165, 1.54) is 0 Å². The van der Waals surface area contributed by atoms with Crippen LogP contribution >= 0.6 is 0 Å². The maximum Gasteiger partial charge on any atom is 0.243 e. The molecule has 0 amide bonds. The van der Waals surface area contributed by atoms with Crippen LogP contribution in [0.15, 0.2) is 65.6 Å².